The van der Waals surface area contributed by atoms with Gasteiger partial charge in [0.05, 0.1) is 36.0 Å². The zero-order valence-electron chi connectivity index (χ0n) is 16.0. The summed E-state index contributed by atoms with van der Waals surface area (Å²) in [7, 11) is 1.45. The normalized spacial score (nSPS) is 11.7. The molecule has 0 aromatic heterocycles. The third-order valence-corrected chi connectivity index (χ3v) is 4.65. The number of ether oxygens (including phenoxy) is 2. The Kier molecular flexibility index (Phi) is 8.71. The first-order chi connectivity index (χ1) is 13.9. The Morgan fingerprint density at radius 3 is 2.66 bits per heavy atom. The highest BCUT2D eigenvalue weighted by Gasteiger charge is 2.18. The topological polar surface area (TPSA) is 109 Å². The lowest BCUT2D eigenvalue weighted by atomic mass is 10.0. The van der Waals surface area contributed by atoms with Crippen LogP contribution in [0.2, 0.25) is 0 Å². The van der Waals surface area contributed by atoms with E-state index >= 15 is 0 Å². The summed E-state index contributed by atoms with van der Waals surface area (Å²) in [4.78, 5) is 24.1. The number of amides is 2. The van der Waals surface area contributed by atoms with Crippen LogP contribution in [-0.2, 0) is 9.53 Å². The van der Waals surface area contributed by atoms with Crippen molar-refractivity contribution >= 4 is 40.8 Å². The third kappa shape index (κ3) is 6.93. The second-order valence-corrected chi connectivity index (χ2v) is 7.04. The molecule has 0 heterocycles. The molecule has 2 rings (SSSR count). The van der Waals surface area contributed by atoms with E-state index in [0.717, 1.165) is 5.56 Å². The molecule has 154 valence electrons. The number of phenolic OH excluding ortho intramolecular Hbond substituents is 1. The highest BCUT2D eigenvalue weighted by atomic mass is 127. The molecule has 0 aliphatic carbocycles. The molecule has 2 aromatic carbocycles. The SMILES string of the molecule is CCOC(=O)N[C@H](CC(=O)N/N=C\c1cc(I)c(O)c(OC)c1)c1ccccc1. The van der Waals surface area contributed by atoms with E-state index in [4.69, 9.17) is 9.47 Å². The van der Waals surface area contributed by atoms with E-state index in [0.29, 0.717) is 14.9 Å². The second kappa shape index (κ2) is 11.2. The number of alkyl carbamates (subject to hydrolysis) is 1. The molecule has 0 unspecified atom stereocenters. The number of aromatic hydroxyl groups is 1. The standard InChI is InChI=1S/C20H22IN3O5/c1-3-29-20(27)23-16(14-7-5-4-6-8-14)11-18(25)24-22-12-13-9-15(21)19(26)17(10-13)28-2/h4-10,12,16,26H,3,11H2,1-2H3,(H,23,27)(H,24,25)/b22-12-/t16-/m1/s1. The first-order valence-electron chi connectivity index (χ1n) is 8.81. The van der Waals surface area contributed by atoms with Gasteiger partial charge in [-0.05, 0) is 52.8 Å². The number of nitrogens with zero attached hydrogens (tertiary/aromatic N) is 1. The van der Waals surface area contributed by atoms with E-state index in [-0.39, 0.29) is 24.7 Å². The molecule has 0 radical (unpaired) electrons. The first kappa shape index (κ1) is 22.5. The number of hydrogen-bond acceptors (Lipinski definition) is 6. The Bertz CT molecular complexity index is 874. The lowest BCUT2D eigenvalue weighted by Crippen LogP contribution is -2.33. The van der Waals surface area contributed by atoms with Crippen molar-refractivity contribution < 1.29 is 24.2 Å². The number of phenols is 1. The minimum atomic E-state index is -0.594. The van der Waals surface area contributed by atoms with Crippen LogP contribution in [-0.4, -0.2) is 37.0 Å². The monoisotopic (exact) mass is 511 g/mol. The van der Waals surface area contributed by atoms with E-state index in [1.807, 2.05) is 52.9 Å². The minimum absolute atomic E-state index is 0.0173. The molecule has 2 aromatic rings. The Hall–Kier alpha value is -2.82. The van der Waals surface area contributed by atoms with Crippen molar-refractivity contribution in [2.75, 3.05) is 13.7 Å². The minimum Gasteiger partial charge on any atom is -0.504 e. The average molecular weight is 511 g/mol. The molecular formula is C20H22IN3O5. The summed E-state index contributed by atoms with van der Waals surface area (Å²) < 4.78 is 10.6. The molecule has 1 atom stereocenters. The molecule has 29 heavy (non-hydrogen) atoms. The van der Waals surface area contributed by atoms with Gasteiger partial charge in [0.2, 0.25) is 5.91 Å². The number of carbonyl (C=O) groups excluding carboxylic acids is 2. The van der Waals surface area contributed by atoms with Crippen LogP contribution in [0.5, 0.6) is 11.5 Å². The molecule has 0 aliphatic rings. The van der Waals surface area contributed by atoms with Gasteiger partial charge in [-0.3, -0.25) is 4.79 Å². The number of halogens is 1. The molecule has 8 nitrogen and oxygen atoms in total. The van der Waals surface area contributed by atoms with Crippen molar-refractivity contribution in [3.63, 3.8) is 0 Å². The van der Waals surface area contributed by atoms with Crippen molar-refractivity contribution in [3.05, 3.63) is 57.2 Å². The predicted octanol–water partition coefficient (Wildman–Crippen LogP) is 3.33. The van der Waals surface area contributed by atoms with Gasteiger partial charge in [0, 0.05) is 0 Å². The maximum absolute atomic E-state index is 12.3. The van der Waals surface area contributed by atoms with Gasteiger partial charge in [-0.1, -0.05) is 30.3 Å². The van der Waals surface area contributed by atoms with Crippen molar-refractivity contribution in [1.29, 1.82) is 0 Å². The molecule has 0 aliphatic heterocycles. The van der Waals surface area contributed by atoms with E-state index < -0.39 is 12.1 Å². The highest BCUT2D eigenvalue weighted by molar-refractivity contribution is 14.1. The number of carbonyl (C=O) groups is 2. The zero-order valence-corrected chi connectivity index (χ0v) is 18.2. The van der Waals surface area contributed by atoms with E-state index in [2.05, 4.69) is 15.8 Å². The van der Waals surface area contributed by atoms with Crippen LogP contribution in [0.15, 0.2) is 47.6 Å². The number of rotatable bonds is 8. The van der Waals surface area contributed by atoms with Crippen molar-refractivity contribution in [3.8, 4) is 11.5 Å². The third-order valence-electron chi connectivity index (χ3n) is 3.83. The zero-order chi connectivity index (χ0) is 21.2. The van der Waals surface area contributed by atoms with Gasteiger partial charge in [-0.2, -0.15) is 5.10 Å². The highest BCUT2D eigenvalue weighted by Crippen LogP contribution is 2.31. The van der Waals surface area contributed by atoms with Crippen LogP contribution in [0.4, 0.5) is 4.79 Å². The molecule has 2 amide bonds. The molecule has 0 saturated heterocycles. The maximum Gasteiger partial charge on any atom is 0.407 e. The van der Waals surface area contributed by atoms with Crippen LogP contribution in [0, 0.1) is 3.57 Å². The van der Waals surface area contributed by atoms with E-state index in [1.54, 1.807) is 19.1 Å². The van der Waals surface area contributed by atoms with Gasteiger partial charge in [0.25, 0.3) is 0 Å². The second-order valence-electron chi connectivity index (χ2n) is 5.88. The molecular weight excluding hydrogens is 489 g/mol. The maximum atomic E-state index is 12.3. The first-order valence-corrected chi connectivity index (χ1v) is 9.89. The Labute approximate surface area is 182 Å². The largest absolute Gasteiger partial charge is 0.504 e. The quantitative estimate of drug-likeness (QED) is 0.286. The van der Waals surface area contributed by atoms with E-state index in [9.17, 15) is 14.7 Å². The number of hydrogen-bond donors (Lipinski definition) is 3. The predicted molar refractivity (Wildman–Crippen MR) is 117 cm³/mol. The summed E-state index contributed by atoms with van der Waals surface area (Å²) in [6.45, 7) is 1.94. The van der Waals surface area contributed by atoms with E-state index in [1.165, 1.54) is 13.3 Å². The van der Waals surface area contributed by atoms with Gasteiger partial charge in [0.1, 0.15) is 0 Å². The smallest absolute Gasteiger partial charge is 0.407 e. The summed E-state index contributed by atoms with van der Waals surface area (Å²) in [6.07, 6.45) is 0.831. The summed E-state index contributed by atoms with van der Waals surface area (Å²) in [6, 6.07) is 11.9. The van der Waals surface area contributed by atoms with Crippen LogP contribution < -0.4 is 15.5 Å². The van der Waals surface area contributed by atoms with Crippen LogP contribution >= 0.6 is 22.6 Å². The molecule has 3 N–H and O–H groups in total. The molecule has 9 heteroatoms. The van der Waals surface area contributed by atoms with Gasteiger partial charge in [0.15, 0.2) is 11.5 Å². The van der Waals surface area contributed by atoms with Crippen molar-refractivity contribution in [1.82, 2.24) is 10.7 Å². The van der Waals surface area contributed by atoms with Crippen LogP contribution in [0.3, 0.4) is 0 Å². The summed E-state index contributed by atoms with van der Waals surface area (Å²) in [5, 5.41) is 16.5. The fourth-order valence-electron chi connectivity index (χ4n) is 2.49. The number of nitrogens with one attached hydrogen (secondary N) is 2. The van der Waals surface area contributed by atoms with Crippen LogP contribution in [0.25, 0.3) is 0 Å². The molecule has 0 saturated carbocycles. The fourth-order valence-corrected chi connectivity index (χ4v) is 3.11. The van der Waals surface area contributed by atoms with Gasteiger partial charge < -0.3 is 19.9 Å². The summed E-state index contributed by atoms with van der Waals surface area (Å²) in [5.41, 5.74) is 3.86. The van der Waals surface area contributed by atoms with Crippen molar-refractivity contribution in [2.24, 2.45) is 5.10 Å². The number of methoxy groups -OCH3 is 1. The molecule has 0 fully saturated rings. The summed E-state index contributed by atoms with van der Waals surface area (Å²) in [5.74, 6) is -0.0233. The number of hydrazone groups is 1. The van der Waals surface area contributed by atoms with Gasteiger partial charge in [-0.15, -0.1) is 0 Å². The molecule has 0 spiro atoms. The number of benzene rings is 2. The Morgan fingerprint density at radius 1 is 1.28 bits per heavy atom. The average Bonchev–Trinajstić information content (AvgIpc) is 2.70. The Morgan fingerprint density at radius 2 is 2.00 bits per heavy atom. The lowest BCUT2D eigenvalue weighted by Gasteiger charge is -2.18. The Balaban J connectivity index is 2.03. The van der Waals surface area contributed by atoms with Gasteiger partial charge >= 0.3 is 6.09 Å². The molecule has 0 bridgehead atoms. The van der Waals surface area contributed by atoms with Gasteiger partial charge in [-0.25, -0.2) is 10.2 Å². The van der Waals surface area contributed by atoms with Crippen LogP contribution in [0.1, 0.15) is 30.5 Å². The fraction of sp³-hybridized carbons (Fsp3) is 0.250. The van der Waals surface area contributed by atoms with Crippen molar-refractivity contribution in [2.45, 2.75) is 19.4 Å². The summed E-state index contributed by atoms with van der Waals surface area (Å²) >= 11 is 1.97. The lowest BCUT2D eigenvalue weighted by molar-refractivity contribution is -0.121.